The largest absolute Gasteiger partial charge is 0.301 e. The number of rotatable bonds is 6. The zero-order valence-electron chi connectivity index (χ0n) is 8.37. The molecule has 1 aromatic heterocycles. The summed E-state index contributed by atoms with van der Waals surface area (Å²) in [6, 6.07) is 4.06. The van der Waals surface area contributed by atoms with Crippen LogP contribution in [0.25, 0.3) is 0 Å². The second-order valence-corrected chi connectivity index (χ2v) is 5.62. The van der Waals surface area contributed by atoms with Gasteiger partial charge in [-0.2, -0.15) is 12.6 Å². The predicted octanol–water partition coefficient (Wildman–Crippen LogP) is 3.54. The van der Waals surface area contributed by atoms with Gasteiger partial charge in [0.25, 0.3) is 0 Å². The highest BCUT2D eigenvalue weighted by Gasteiger charge is 2.02. The first kappa shape index (κ1) is 12.4. The Kier molecular flexibility index (Phi) is 5.94. The fraction of sp³-hybridized carbons (Fsp3) is 0.600. The molecule has 0 amide bonds. The van der Waals surface area contributed by atoms with Gasteiger partial charge in [-0.05, 0) is 44.3 Å². The Bertz CT molecular complexity index is 262. The van der Waals surface area contributed by atoms with Crippen LogP contribution in [-0.2, 0) is 6.54 Å². The molecule has 1 heterocycles. The number of hydrogen-bond acceptors (Lipinski definition) is 3. The quantitative estimate of drug-likeness (QED) is 0.596. The Labute approximate surface area is 100 Å². The summed E-state index contributed by atoms with van der Waals surface area (Å²) in [5.74, 6) is 0.985. The van der Waals surface area contributed by atoms with E-state index in [0.717, 1.165) is 23.2 Å². The van der Waals surface area contributed by atoms with E-state index in [2.05, 4.69) is 30.6 Å². The monoisotopic (exact) mass is 249 g/mol. The van der Waals surface area contributed by atoms with Gasteiger partial charge in [0.15, 0.2) is 0 Å². The van der Waals surface area contributed by atoms with Crippen LogP contribution in [-0.4, -0.2) is 24.2 Å². The van der Waals surface area contributed by atoms with E-state index in [1.807, 2.05) is 6.07 Å². The van der Waals surface area contributed by atoms with Crippen LogP contribution in [0.15, 0.2) is 12.1 Å². The van der Waals surface area contributed by atoms with Crippen molar-refractivity contribution in [3.05, 3.63) is 21.3 Å². The van der Waals surface area contributed by atoms with Crippen molar-refractivity contribution < 1.29 is 0 Å². The molecule has 0 saturated carbocycles. The minimum atomic E-state index is 0.878. The average molecular weight is 250 g/mol. The van der Waals surface area contributed by atoms with E-state index in [1.54, 1.807) is 11.3 Å². The van der Waals surface area contributed by atoms with Crippen LogP contribution in [0.2, 0.25) is 4.34 Å². The highest BCUT2D eigenvalue weighted by Crippen LogP contribution is 2.22. The molecule has 0 radical (unpaired) electrons. The van der Waals surface area contributed by atoms with Crippen molar-refractivity contribution in [3.63, 3.8) is 0 Å². The third-order valence-electron chi connectivity index (χ3n) is 2.00. The van der Waals surface area contributed by atoms with Gasteiger partial charge in [0.05, 0.1) is 4.34 Å². The molecule has 80 valence electrons. The molecular formula is C10H16ClNS2. The normalized spacial score (nSPS) is 11.1. The fourth-order valence-corrected chi connectivity index (χ4v) is 2.67. The third kappa shape index (κ3) is 4.69. The van der Waals surface area contributed by atoms with Crippen LogP contribution in [0.1, 0.15) is 17.7 Å². The maximum Gasteiger partial charge on any atom is 0.0931 e. The van der Waals surface area contributed by atoms with Gasteiger partial charge in [0, 0.05) is 11.4 Å². The first-order valence-electron chi connectivity index (χ1n) is 4.76. The number of nitrogens with zero attached hydrogens (tertiary/aromatic N) is 1. The fourth-order valence-electron chi connectivity index (χ4n) is 1.28. The van der Waals surface area contributed by atoms with E-state index in [1.165, 1.54) is 17.7 Å². The second-order valence-electron chi connectivity index (χ2n) is 3.37. The van der Waals surface area contributed by atoms with Gasteiger partial charge in [-0.15, -0.1) is 11.3 Å². The SMILES string of the molecule is CN(CCCCS)Cc1ccc(Cl)s1. The van der Waals surface area contributed by atoms with Gasteiger partial charge in [-0.3, -0.25) is 0 Å². The first-order valence-corrected chi connectivity index (χ1v) is 6.58. The van der Waals surface area contributed by atoms with E-state index in [-0.39, 0.29) is 0 Å². The molecule has 0 fully saturated rings. The van der Waals surface area contributed by atoms with Crippen LogP contribution in [0, 0.1) is 0 Å². The van der Waals surface area contributed by atoms with Crippen molar-refractivity contribution in [2.75, 3.05) is 19.3 Å². The molecule has 0 spiro atoms. The van der Waals surface area contributed by atoms with Crippen LogP contribution in [0.4, 0.5) is 0 Å². The lowest BCUT2D eigenvalue weighted by Crippen LogP contribution is -2.18. The maximum atomic E-state index is 5.86. The van der Waals surface area contributed by atoms with Gasteiger partial charge in [-0.25, -0.2) is 0 Å². The molecular weight excluding hydrogens is 234 g/mol. The second kappa shape index (κ2) is 6.72. The third-order valence-corrected chi connectivity index (χ3v) is 3.53. The lowest BCUT2D eigenvalue weighted by molar-refractivity contribution is 0.324. The van der Waals surface area contributed by atoms with Crippen molar-refractivity contribution in [1.29, 1.82) is 0 Å². The van der Waals surface area contributed by atoms with Gasteiger partial charge in [-0.1, -0.05) is 11.6 Å². The number of thiophene rings is 1. The van der Waals surface area contributed by atoms with Crippen molar-refractivity contribution in [1.82, 2.24) is 4.90 Å². The van der Waals surface area contributed by atoms with Gasteiger partial charge < -0.3 is 4.90 Å². The van der Waals surface area contributed by atoms with Gasteiger partial charge >= 0.3 is 0 Å². The molecule has 1 rings (SSSR count). The van der Waals surface area contributed by atoms with E-state index in [9.17, 15) is 0 Å². The number of unbranched alkanes of at least 4 members (excludes halogenated alkanes) is 1. The Morgan fingerprint density at radius 1 is 1.43 bits per heavy atom. The molecule has 0 aliphatic rings. The average Bonchev–Trinajstić information content (AvgIpc) is 2.52. The van der Waals surface area contributed by atoms with E-state index in [0.29, 0.717) is 0 Å². The zero-order chi connectivity index (χ0) is 10.4. The predicted molar refractivity (Wildman–Crippen MR) is 68.8 cm³/mol. The Morgan fingerprint density at radius 2 is 2.21 bits per heavy atom. The molecule has 0 aliphatic carbocycles. The molecule has 0 aliphatic heterocycles. The summed E-state index contributed by atoms with van der Waals surface area (Å²) in [6.45, 7) is 2.14. The van der Waals surface area contributed by atoms with Crippen molar-refractivity contribution in [2.45, 2.75) is 19.4 Å². The first-order chi connectivity index (χ1) is 6.72. The Hall–Kier alpha value is 0.300. The molecule has 14 heavy (non-hydrogen) atoms. The van der Waals surface area contributed by atoms with Crippen LogP contribution < -0.4 is 0 Å². The summed E-state index contributed by atoms with van der Waals surface area (Å²) < 4.78 is 0.878. The van der Waals surface area contributed by atoms with Crippen LogP contribution in [0.5, 0.6) is 0 Å². The molecule has 1 nitrogen and oxygen atoms in total. The van der Waals surface area contributed by atoms with Crippen LogP contribution in [0.3, 0.4) is 0 Å². The zero-order valence-corrected chi connectivity index (χ0v) is 10.8. The summed E-state index contributed by atoms with van der Waals surface area (Å²) in [6.07, 6.45) is 2.41. The Balaban J connectivity index is 2.23. The van der Waals surface area contributed by atoms with Crippen LogP contribution >= 0.6 is 35.6 Å². The minimum absolute atomic E-state index is 0.878. The number of halogens is 1. The number of hydrogen-bond donors (Lipinski definition) is 1. The van der Waals surface area contributed by atoms with E-state index < -0.39 is 0 Å². The molecule has 1 aromatic rings. The summed E-state index contributed by atoms with van der Waals surface area (Å²) >= 11 is 11.7. The summed E-state index contributed by atoms with van der Waals surface area (Å²) in [5, 5.41) is 0. The number of thiol groups is 1. The van der Waals surface area contributed by atoms with Gasteiger partial charge in [0.2, 0.25) is 0 Å². The minimum Gasteiger partial charge on any atom is -0.301 e. The molecule has 0 aromatic carbocycles. The smallest absolute Gasteiger partial charge is 0.0931 e. The van der Waals surface area contributed by atoms with Crippen molar-refractivity contribution >= 4 is 35.6 Å². The summed E-state index contributed by atoms with van der Waals surface area (Å²) in [7, 11) is 2.14. The summed E-state index contributed by atoms with van der Waals surface area (Å²) in [5.41, 5.74) is 0. The van der Waals surface area contributed by atoms with Gasteiger partial charge in [0.1, 0.15) is 0 Å². The highest BCUT2D eigenvalue weighted by atomic mass is 35.5. The van der Waals surface area contributed by atoms with Crippen molar-refractivity contribution in [3.8, 4) is 0 Å². The molecule has 0 bridgehead atoms. The highest BCUT2D eigenvalue weighted by molar-refractivity contribution is 7.80. The molecule has 0 saturated heterocycles. The molecule has 0 unspecified atom stereocenters. The standard InChI is InChI=1S/C10H16ClNS2/c1-12(6-2-3-7-13)8-9-4-5-10(11)14-9/h4-5,13H,2-3,6-8H2,1H3. The molecule has 0 atom stereocenters. The molecule has 4 heteroatoms. The lowest BCUT2D eigenvalue weighted by atomic mass is 10.3. The van der Waals surface area contributed by atoms with E-state index in [4.69, 9.17) is 11.6 Å². The van der Waals surface area contributed by atoms with Crippen molar-refractivity contribution in [2.24, 2.45) is 0 Å². The molecule has 0 N–H and O–H groups in total. The topological polar surface area (TPSA) is 3.24 Å². The maximum absolute atomic E-state index is 5.86. The van der Waals surface area contributed by atoms with E-state index >= 15 is 0 Å². The Morgan fingerprint density at radius 3 is 2.79 bits per heavy atom. The summed E-state index contributed by atoms with van der Waals surface area (Å²) in [4.78, 5) is 3.66. The lowest BCUT2D eigenvalue weighted by Gasteiger charge is -2.14.